The zero-order valence-corrected chi connectivity index (χ0v) is 13.2. The zero-order chi connectivity index (χ0) is 18.4. The third kappa shape index (κ3) is 4.64. The number of rotatable bonds is 3. The third-order valence-electron chi connectivity index (χ3n) is 3.17. The van der Waals surface area contributed by atoms with Gasteiger partial charge < -0.3 is 15.8 Å². The predicted molar refractivity (Wildman–Crippen MR) is 89.7 cm³/mol. The van der Waals surface area contributed by atoms with Crippen molar-refractivity contribution in [2.24, 2.45) is 0 Å². The highest BCUT2D eigenvalue weighted by Gasteiger charge is 2.18. The van der Waals surface area contributed by atoms with Crippen LogP contribution >= 0.6 is 0 Å². The molecular weight excluding hydrogens is 326 g/mol. The Balaban J connectivity index is 1.95. The minimum absolute atomic E-state index is 0.192. The number of nitrogens with two attached hydrogens (primary N) is 1. The lowest BCUT2D eigenvalue weighted by molar-refractivity contribution is -0.135. The second kappa shape index (κ2) is 7.73. The van der Waals surface area contributed by atoms with Crippen LogP contribution in [0.25, 0.3) is 0 Å². The molecule has 8 nitrogen and oxygen atoms in total. The molecule has 2 rings (SSSR count). The zero-order valence-electron chi connectivity index (χ0n) is 13.2. The standard InChI is InChI=1S/C17H15N3O5/c1-25-17(24)11-4-8-13(9-5-11)19-15(22)16(23)20-14(21)10-2-6-12(18)7-3-10/h2-9H,18H2,1H3,(H,19,22)(H,20,21,23). The van der Waals surface area contributed by atoms with E-state index in [2.05, 4.69) is 10.1 Å². The summed E-state index contributed by atoms with van der Waals surface area (Å²) in [5.41, 5.74) is 6.75. The Morgan fingerprint density at radius 2 is 1.40 bits per heavy atom. The summed E-state index contributed by atoms with van der Waals surface area (Å²) in [4.78, 5) is 46.8. The summed E-state index contributed by atoms with van der Waals surface area (Å²) < 4.78 is 4.55. The first kappa shape index (κ1) is 17.7. The quantitative estimate of drug-likeness (QED) is 0.433. The molecule has 8 heteroatoms. The summed E-state index contributed by atoms with van der Waals surface area (Å²) >= 11 is 0. The van der Waals surface area contributed by atoms with Gasteiger partial charge >= 0.3 is 17.8 Å². The molecule has 4 N–H and O–H groups in total. The van der Waals surface area contributed by atoms with Crippen molar-refractivity contribution >= 4 is 35.1 Å². The molecule has 0 aliphatic rings. The van der Waals surface area contributed by atoms with E-state index in [4.69, 9.17) is 5.73 Å². The van der Waals surface area contributed by atoms with Crippen molar-refractivity contribution in [2.45, 2.75) is 0 Å². The van der Waals surface area contributed by atoms with Gasteiger partial charge in [-0.3, -0.25) is 19.7 Å². The van der Waals surface area contributed by atoms with Gasteiger partial charge in [0.1, 0.15) is 0 Å². The van der Waals surface area contributed by atoms with Crippen LogP contribution in [0.3, 0.4) is 0 Å². The lowest BCUT2D eigenvalue weighted by Crippen LogP contribution is -2.39. The maximum absolute atomic E-state index is 11.9. The number of carbonyl (C=O) groups is 4. The number of methoxy groups -OCH3 is 1. The molecule has 0 aromatic heterocycles. The summed E-state index contributed by atoms with van der Waals surface area (Å²) in [6.45, 7) is 0. The van der Waals surface area contributed by atoms with Crippen molar-refractivity contribution < 1.29 is 23.9 Å². The molecule has 0 heterocycles. The molecule has 2 aromatic carbocycles. The summed E-state index contributed by atoms with van der Waals surface area (Å²) in [5.74, 6) is -3.38. The molecule has 0 aliphatic carbocycles. The van der Waals surface area contributed by atoms with Crippen LogP contribution in [0.15, 0.2) is 48.5 Å². The fourth-order valence-electron chi connectivity index (χ4n) is 1.86. The minimum Gasteiger partial charge on any atom is -0.465 e. The molecule has 0 aliphatic heterocycles. The van der Waals surface area contributed by atoms with Crippen molar-refractivity contribution in [1.29, 1.82) is 0 Å². The Morgan fingerprint density at radius 1 is 0.840 bits per heavy atom. The second-order valence-corrected chi connectivity index (χ2v) is 4.93. The molecule has 0 unspecified atom stereocenters. The molecule has 0 spiro atoms. The number of imide groups is 1. The summed E-state index contributed by atoms with van der Waals surface area (Å²) in [6.07, 6.45) is 0. The van der Waals surface area contributed by atoms with E-state index in [1.165, 1.54) is 55.6 Å². The van der Waals surface area contributed by atoms with Crippen LogP contribution in [0, 0.1) is 0 Å². The largest absolute Gasteiger partial charge is 0.465 e. The molecule has 25 heavy (non-hydrogen) atoms. The van der Waals surface area contributed by atoms with Crippen LogP contribution in [0.4, 0.5) is 11.4 Å². The van der Waals surface area contributed by atoms with Crippen LogP contribution in [0.2, 0.25) is 0 Å². The van der Waals surface area contributed by atoms with Crippen LogP contribution in [0.1, 0.15) is 20.7 Å². The van der Waals surface area contributed by atoms with Gasteiger partial charge in [-0.05, 0) is 48.5 Å². The van der Waals surface area contributed by atoms with Crippen molar-refractivity contribution in [3.8, 4) is 0 Å². The van der Waals surface area contributed by atoms with Gasteiger partial charge in [0.25, 0.3) is 5.91 Å². The Labute approximate surface area is 143 Å². The molecule has 128 valence electrons. The average molecular weight is 341 g/mol. The number of anilines is 2. The van der Waals surface area contributed by atoms with Gasteiger partial charge in [-0.15, -0.1) is 0 Å². The first-order chi connectivity index (χ1) is 11.9. The van der Waals surface area contributed by atoms with Crippen molar-refractivity contribution in [2.75, 3.05) is 18.2 Å². The van der Waals surface area contributed by atoms with E-state index in [9.17, 15) is 19.2 Å². The van der Waals surface area contributed by atoms with Crippen LogP contribution in [0.5, 0.6) is 0 Å². The number of nitrogens with one attached hydrogen (secondary N) is 2. The van der Waals surface area contributed by atoms with E-state index < -0.39 is 23.7 Å². The van der Waals surface area contributed by atoms with Gasteiger partial charge in [-0.2, -0.15) is 0 Å². The van der Waals surface area contributed by atoms with Crippen LogP contribution in [-0.4, -0.2) is 30.8 Å². The molecule has 0 radical (unpaired) electrons. The van der Waals surface area contributed by atoms with E-state index in [-0.39, 0.29) is 11.3 Å². The maximum Gasteiger partial charge on any atom is 0.337 e. The van der Waals surface area contributed by atoms with Crippen molar-refractivity contribution in [1.82, 2.24) is 5.32 Å². The fraction of sp³-hybridized carbons (Fsp3) is 0.0588. The number of amides is 3. The Morgan fingerprint density at radius 3 is 1.96 bits per heavy atom. The highest BCUT2D eigenvalue weighted by Crippen LogP contribution is 2.10. The Kier molecular flexibility index (Phi) is 5.47. The normalized spacial score (nSPS) is 9.80. The minimum atomic E-state index is -1.11. The molecule has 0 fully saturated rings. The van der Waals surface area contributed by atoms with Gasteiger partial charge in [0.15, 0.2) is 0 Å². The number of nitrogen functional groups attached to an aromatic ring is 1. The predicted octanol–water partition coefficient (Wildman–Crippen LogP) is 0.950. The Bertz CT molecular complexity index is 813. The smallest absolute Gasteiger partial charge is 0.337 e. The number of hydrogen-bond donors (Lipinski definition) is 3. The highest BCUT2D eigenvalue weighted by atomic mass is 16.5. The summed E-state index contributed by atoms with van der Waals surface area (Å²) in [6, 6.07) is 11.6. The number of esters is 1. The molecule has 0 saturated carbocycles. The lowest BCUT2D eigenvalue weighted by Gasteiger charge is -2.07. The maximum atomic E-state index is 11.9. The molecule has 0 bridgehead atoms. The molecular formula is C17H15N3O5. The molecule has 3 amide bonds. The SMILES string of the molecule is COC(=O)c1ccc(NC(=O)C(=O)NC(=O)c2ccc(N)cc2)cc1. The fourth-order valence-corrected chi connectivity index (χ4v) is 1.86. The van der Waals surface area contributed by atoms with E-state index in [1.807, 2.05) is 5.32 Å². The molecule has 2 aromatic rings. The lowest BCUT2D eigenvalue weighted by atomic mass is 10.2. The first-order valence-electron chi connectivity index (χ1n) is 7.11. The van der Waals surface area contributed by atoms with Gasteiger partial charge in [0.2, 0.25) is 0 Å². The average Bonchev–Trinajstić information content (AvgIpc) is 2.62. The van der Waals surface area contributed by atoms with Crippen LogP contribution in [-0.2, 0) is 14.3 Å². The number of carbonyl (C=O) groups excluding carboxylic acids is 4. The molecule has 0 atom stereocenters. The Hall–Kier alpha value is -3.68. The highest BCUT2D eigenvalue weighted by molar-refractivity contribution is 6.42. The summed E-state index contributed by atoms with van der Waals surface area (Å²) in [5, 5.41) is 4.29. The van der Waals surface area contributed by atoms with Crippen molar-refractivity contribution in [3.05, 3.63) is 59.7 Å². The first-order valence-corrected chi connectivity index (χ1v) is 7.11. The third-order valence-corrected chi connectivity index (χ3v) is 3.17. The van der Waals surface area contributed by atoms with Crippen molar-refractivity contribution in [3.63, 3.8) is 0 Å². The van der Waals surface area contributed by atoms with E-state index in [0.29, 0.717) is 11.3 Å². The van der Waals surface area contributed by atoms with E-state index in [0.717, 1.165) is 0 Å². The van der Waals surface area contributed by atoms with Gasteiger partial charge in [0.05, 0.1) is 12.7 Å². The van der Waals surface area contributed by atoms with Crippen LogP contribution < -0.4 is 16.4 Å². The van der Waals surface area contributed by atoms with E-state index >= 15 is 0 Å². The van der Waals surface area contributed by atoms with E-state index in [1.54, 1.807) is 0 Å². The summed E-state index contributed by atoms with van der Waals surface area (Å²) in [7, 11) is 1.25. The number of benzene rings is 2. The van der Waals surface area contributed by atoms with Gasteiger partial charge in [-0.25, -0.2) is 4.79 Å². The number of ether oxygens (including phenoxy) is 1. The monoisotopic (exact) mass is 341 g/mol. The topological polar surface area (TPSA) is 128 Å². The molecule has 0 saturated heterocycles. The van der Waals surface area contributed by atoms with Gasteiger partial charge in [-0.1, -0.05) is 0 Å². The van der Waals surface area contributed by atoms with Gasteiger partial charge in [0, 0.05) is 16.9 Å². The second-order valence-electron chi connectivity index (χ2n) is 4.93. The number of hydrogen-bond acceptors (Lipinski definition) is 6.